The van der Waals surface area contributed by atoms with Crippen LogP contribution in [-0.2, 0) is 21.7 Å². The monoisotopic (exact) mass is 931 g/mol. The van der Waals surface area contributed by atoms with E-state index in [1.54, 1.807) is 0 Å². The van der Waals surface area contributed by atoms with Crippen molar-refractivity contribution in [2.45, 2.75) is 112 Å². The number of anilines is 6. The Morgan fingerprint density at radius 3 is 1.39 bits per heavy atom. The third kappa shape index (κ3) is 8.12. The molecule has 8 aromatic carbocycles. The Labute approximate surface area is 423 Å². The molecule has 8 aromatic rings. The van der Waals surface area contributed by atoms with E-state index >= 15 is 0 Å². The topological polar surface area (TPSA) is 24.9 Å². The fourth-order valence-corrected chi connectivity index (χ4v) is 11.0. The largest absolute Gasteiger partial charge is 0.454 e. The number of hydrogen-bond donors (Lipinski definition) is 0. The van der Waals surface area contributed by atoms with E-state index in [9.17, 15) is 0 Å². The molecule has 3 aliphatic rings. The quantitative estimate of drug-likeness (QED) is 0.161. The van der Waals surface area contributed by atoms with Crippen molar-refractivity contribution in [1.29, 1.82) is 0 Å². The zero-order chi connectivity index (χ0) is 49.9. The minimum absolute atomic E-state index is 0.0472. The van der Waals surface area contributed by atoms with Crippen LogP contribution in [0.5, 0.6) is 11.5 Å². The van der Waals surface area contributed by atoms with Gasteiger partial charge in [-0.25, -0.2) is 0 Å². The van der Waals surface area contributed by atoms with Gasteiger partial charge in [-0.1, -0.05) is 186 Å². The van der Waals surface area contributed by atoms with Crippen LogP contribution >= 0.6 is 0 Å². The lowest BCUT2D eigenvalue weighted by atomic mass is 9.33. The molecule has 0 aliphatic carbocycles. The molecule has 0 saturated heterocycles. The van der Waals surface area contributed by atoms with E-state index in [-0.39, 0.29) is 35.2 Å². The zero-order valence-electron chi connectivity index (χ0n) is 44.0. The number of nitrogens with zero attached hydrogens (tertiary/aromatic N) is 2. The van der Waals surface area contributed by atoms with Crippen LogP contribution in [0.3, 0.4) is 0 Å². The van der Waals surface area contributed by atoms with Gasteiger partial charge in [0.05, 0.1) is 0 Å². The van der Waals surface area contributed by atoms with Crippen molar-refractivity contribution in [1.82, 2.24) is 0 Å². The van der Waals surface area contributed by atoms with Gasteiger partial charge >= 0.3 is 0 Å². The van der Waals surface area contributed by atoms with Crippen LogP contribution in [0.4, 0.5) is 34.1 Å². The first-order valence-corrected chi connectivity index (χ1v) is 25.5. The number of rotatable bonds is 5. The standard InChI is InChI=1S/C66H67BN2O2/c1-41-33-57-60-58(34-41)69(61-52(44-17-15-14-16-18-44)29-32-59-62(61)71-40-70-59)56-31-28-50(66(11,12)13)39-54(56)67(60)53-38-49(65(8,9)10)27-30-55(53)68(57)51-36-45(42-19-23-47(24-20-42)63(2,3)4)35-46(37-51)43-21-25-48(26-22-43)64(5,6)7/h14-39H,40H2,1-13H3. The average molecular weight is 931 g/mol. The highest BCUT2D eigenvalue weighted by atomic mass is 16.7. The highest BCUT2D eigenvalue weighted by Crippen LogP contribution is 2.54. The maximum atomic E-state index is 6.57. The van der Waals surface area contributed by atoms with Gasteiger partial charge in [-0.2, -0.15) is 0 Å². The third-order valence-corrected chi connectivity index (χ3v) is 15.1. The second kappa shape index (κ2) is 16.6. The number of aryl methyl sites for hydroxylation is 1. The van der Waals surface area contributed by atoms with E-state index in [2.05, 4.69) is 258 Å². The lowest BCUT2D eigenvalue weighted by Crippen LogP contribution is -2.61. The Bertz CT molecular complexity index is 3300. The van der Waals surface area contributed by atoms with Crippen molar-refractivity contribution >= 4 is 57.2 Å². The molecule has 0 bridgehead atoms. The summed E-state index contributed by atoms with van der Waals surface area (Å²) in [5, 5.41) is 0. The molecule has 0 unspecified atom stereocenters. The van der Waals surface area contributed by atoms with E-state index in [0.29, 0.717) is 0 Å². The summed E-state index contributed by atoms with van der Waals surface area (Å²) in [7, 11) is 0. The van der Waals surface area contributed by atoms with Crippen LogP contribution in [0.25, 0.3) is 33.4 Å². The average Bonchev–Trinajstić information content (AvgIpc) is 3.82. The summed E-state index contributed by atoms with van der Waals surface area (Å²) in [6.45, 7) is 30.1. The highest BCUT2D eigenvalue weighted by Gasteiger charge is 2.46. The molecule has 0 aromatic heterocycles. The molecule has 0 amide bonds. The molecule has 0 radical (unpaired) electrons. The minimum atomic E-state index is -0.0831. The molecule has 356 valence electrons. The maximum absolute atomic E-state index is 6.57. The Balaban J connectivity index is 1.23. The van der Waals surface area contributed by atoms with E-state index in [0.717, 1.165) is 45.4 Å². The van der Waals surface area contributed by atoms with E-state index < -0.39 is 0 Å². The summed E-state index contributed by atoms with van der Waals surface area (Å²) >= 11 is 0. The van der Waals surface area contributed by atoms with Crippen molar-refractivity contribution in [3.05, 3.63) is 186 Å². The minimum Gasteiger partial charge on any atom is -0.454 e. The smallest absolute Gasteiger partial charge is 0.252 e. The van der Waals surface area contributed by atoms with Crippen LogP contribution in [0.1, 0.15) is 111 Å². The lowest BCUT2D eigenvalue weighted by molar-refractivity contribution is 0.174. The van der Waals surface area contributed by atoms with E-state index in [1.165, 1.54) is 77.8 Å². The van der Waals surface area contributed by atoms with Crippen molar-refractivity contribution in [2.24, 2.45) is 0 Å². The Hall–Kier alpha value is -6.98. The summed E-state index contributed by atoms with van der Waals surface area (Å²) in [6.07, 6.45) is 0. The molecule has 0 saturated carbocycles. The van der Waals surface area contributed by atoms with Gasteiger partial charge in [-0.3, -0.25) is 0 Å². The Kier molecular flexibility index (Phi) is 10.8. The van der Waals surface area contributed by atoms with Gasteiger partial charge in [0, 0.05) is 34.0 Å². The highest BCUT2D eigenvalue weighted by molar-refractivity contribution is 7.00. The van der Waals surface area contributed by atoms with Crippen molar-refractivity contribution < 1.29 is 9.47 Å². The molecular weight excluding hydrogens is 864 g/mol. The van der Waals surface area contributed by atoms with Crippen LogP contribution in [0, 0.1) is 6.92 Å². The lowest BCUT2D eigenvalue weighted by Gasteiger charge is -2.45. The molecule has 3 heterocycles. The molecule has 11 rings (SSSR count). The predicted molar refractivity (Wildman–Crippen MR) is 302 cm³/mol. The number of ether oxygens (including phenoxy) is 2. The van der Waals surface area contributed by atoms with Crippen molar-refractivity contribution in [2.75, 3.05) is 16.6 Å². The first-order chi connectivity index (χ1) is 33.6. The Morgan fingerprint density at radius 2 is 0.887 bits per heavy atom. The van der Waals surface area contributed by atoms with Gasteiger partial charge in [0.15, 0.2) is 11.5 Å². The summed E-state index contributed by atoms with van der Waals surface area (Å²) in [5.74, 6) is 1.52. The fraction of sp³-hybridized carbons (Fsp3) is 0.273. The number of benzene rings is 8. The van der Waals surface area contributed by atoms with Gasteiger partial charge in [-0.15, -0.1) is 0 Å². The zero-order valence-corrected chi connectivity index (χ0v) is 44.0. The van der Waals surface area contributed by atoms with Crippen LogP contribution < -0.4 is 35.7 Å². The first-order valence-electron chi connectivity index (χ1n) is 25.5. The van der Waals surface area contributed by atoms with E-state index in [1.807, 2.05) is 0 Å². The van der Waals surface area contributed by atoms with Gasteiger partial charge in [0.1, 0.15) is 5.69 Å². The predicted octanol–water partition coefficient (Wildman–Crippen LogP) is 16.0. The van der Waals surface area contributed by atoms with E-state index in [4.69, 9.17) is 9.47 Å². The molecule has 0 N–H and O–H groups in total. The SMILES string of the molecule is Cc1cc2c3c(c1)N(c1c(-c4ccccc4)ccc4c1OCO4)c1ccc(C(C)(C)C)cc1B3c1cc(C(C)(C)C)ccc1N2c1cc(-c2ccc(C(C)(C)C)cc2)cc(-c2ccc(C(C)(C)C)cc2)c1. The van der Waals surface area contributed by atoms with Gasteiger partial charge in [0.2, 0.25) is 6.79 Å². The number of hydrogen-bond acceptors (Lipinski definition) is 4. The second-order valence-electron chi connectivity index (χ2n) is 24.4. The second-order valence-corrected chi connectivity index (χ2v) is 24.4. The first kappa shape index (κ1) is 46.4. The number of fused-ring (bicyclic) bond motifs is 5. The summed E-state index contributed by atoms with van der Waals surface area (Å²) < 4.78 is 12.8. The Morgan fingerprint density at radius 1 is 0.408 bits per heavy atom. The fourth-order valence-electron chi connectivity index (χ4n) is 11.0. The molecule has 71 heavy (non-hydrogen) atoms. The van der Waals surface area contributed by atoms with Gasteiger partial charge < -0.3 is 19.3 Å². The summed E-state index contributed by atoms with van der Waals surface area (Å²) in [5.41, 5.74) is 24.0. The third-order valence-electron chi connectivity index (χ3n) is 15.1. The maximum Gasteiger partial charge on any atom is 0.252 e. The van der Waals surface area contributed by atoms with Crippen molar-refractivity contribution in [3.8, 4) is 44.9 Å². The summed E-state index contributed by atoms with van der Waals surface area (Å²) in [4.78, 5) is 5.08. The van der Waals surface area contributed by atoms with Crippen LogP contribution in [0.15, 0.2) is 158 Å². The molecule has 0 atom stereocenters. The molecule has 5 heteroatoms. The normalized spacial score (nSPS) is 14.1. The van der Waals surface area contributed by atoms with Gasteiger partial charge in [-0.05, 0) is 155 Å². The van der Waals surface area contributed by atoms with Crippen LogP contribution in [-0.4, -0.2) is 13.5 Å². The summed E-state index contributed by atoms with van der Waals surface area (Å²) in [6, 6.07) is 60.1. The van der Waals surface area contributed by atoms with Crippen molar-refractivity contribution in [3.63, 3.8) is 0 Å². The molecule has 3 aliphatic heterocycles. The molecule has 0 spiro atoms. The molecular formula is C66H67BN2O2. The molecule has 0 fully saturated rings. The molecule has 4 nitrogen and oxygen atoms in total. The van der Waals surface area contributed by atoms with Gasteiger partial charge in [0.25, 0.3) is 6.71 Å². The van der Waals surface area contributed by atoms with Crippen LogP contribution in [0.2, 0.25) is 0 Å².